The van der Waals surface area contributed by atoms with E-state index < -0.39 is 0 Å². The molecule has 3 aliphatic heterocycles. The van der Waals surface area contributed by atoms with E-state index in [0.717, 1.165) is 45.1 Å². The first-order valence-electron chi connectivity index (χ1n) is 9.92. The number of nitrogens with zero attached hydrogens (tertiary/aromatic N) is 5. The van der Waals surface area contributed by atoms with Crippen molar-refractivity contribution in [1.82, 2.24) is 30.2 Å². The summed E-state index contributed by atoms with van der Waals surface area (Å²) in [6.07, 6.45) is 2.91. The van der Waals surface area contributed by atoms with Crippen molar-refractivity contribution >= 4 is 18.3 Å². The lowest BCUT2D eigenvalue weighted by atomic mass is 10.1. The standard InChI is InChI=1S/C18H30N6O2.ClH/c1-3-23-7-4-5-14(23)12-24-11-13(9-16(24)25)18-20-17(21-26-18)15-10-19-6-8-22(15)2;/h13-15,19H,3-12H2,1-2H3;1H. The summed E-state index contributed by atoms with van der Waals surface area (Å²) in [4.78, 5) is 23.9. The Morgan fingerprint density at radius 3 is 2.96 bits per heavy atom. The van der Waals surface area contributed by atoms with Crippen LogP contribution in [0.2, 0.25) is 0 Å². The highest BCUT2D eigenvalue weighted by Crippen LogP contribution is 2.30. The molecule has 1 N–H and O–H groups in total. The van der Waals surface area contributed by atoms with Crippen molar-refractivity contribution < 1.29 is 9.32 Å². The van der Waals surface area contributed by atoms with E-state index in [9.17, 15) is 4.79 Å². The van der Waals surface area contributed by atoms with E-state index in [1.165, 1.54) is 12.8 Å². The SMILES string of the molecule is CCN1CCCC1CN1CC(c2nc(C3CNCCN3C)no2)CC1=O.Cl. The summed E-state index contributed by atoms with van der Waals surface area (Å²) in [5.74, 6) is 1.60. The lowest BCUT2D eigenvalue weighted by molar-refractivity contribution is -0.128. The van der Waals surface area contributed by atoms with Gasteiger partial charge in [-0.05, 0) is 33.0 Å². The van der Waals surface area contributed by atoms with Crippen LogP contribution in [0, 0.1) is 0 Å². The molecule has 8 nitrogen and oxygen atoms in total. The van der Waals surface area contributed by atoms with Crippen molar-refractivity contribution in [3.63, 3.8) is 0 Å². The summed E-state index contributed by atoms with van der Waals surface area (Å²) < 4.78 is 5.55. The molecule has 4 rings (SSSR count). The molecule has 9 heteroatoms. The summed E-state index contributed by atoms with van der Waals surface area (Å²) in [5, 5.41) is 7.58. The Labute approximate surface area is 167 Å². The van der Waals surface area contributed by atoms with Gasteiger partial charge in [0.2, 0.25) is 11.8 Å². The number of likely N-dealkylation sites (tertiary alicyclic amines) is 2. The molecule has 1 amide bonds. The average molecular weight is 399 g/mol. The molecule has 0 saturated carbocycles. The number of likely N-dealkylation sites (N-methyl/N-ethyl adjacent to an activating group) is 2. The topological polar surface area (TPSA) is 77.7 Å². The van der Waals surface area contributed by atoms with Crippen LogP contribution in [-0.2, 0) is 4.79 Å². The summed E-state index contributed by atoms with van der Waals surface area (Å²) in [6.45, 7) is 8.74. The number of carbonyl (C=O) groups excluding carboxylic acids is 1. The van der Waals surface area contributed by atoms with E-state index in [4.69, 9.17) is 4.52 Å². The van der Waals surface area contributed by atoms with E-state index >= 15 is 0 Å². The molecule has 1 aromatic heterocycles. The second-order valence-corrected chi connectivity index (χ2v) is 7.82. The third-order valence-electron chi connectivity index (χ3n) is 6.17. The van der Waals surface area contributed by atoms with Crippen molar-refractivity contribution in [2.24, 2.45) is 0 Å². The number of hydrogen-bond donors (Lipinski definition) is 1. The largest absolute Gasteiger partial charge is 0.340 e. The number of nitrogens with one attached hydrogen (secondary N) is 1. The molecule has 152 valence electrons. The third-order valence-corrected chi connectivity index (χ3v) is 6.17. The van der Waals surface area contributed by atoms with Crippen molar-refractivity contribution in [3.05, 3.63) is 11.7 Å². The zero-order chi connectivity index (χ0) is 18.1. The number of carbonyl (C=O) groups is 1. The van der Waals surface area contributed by atoms with Gasteiger partial charge in [-0.3, -0.25) is 14.6 Å². The molecule has 3 fully saturated rings. The maximum atomic E-state index is 12.5. The lowest BCUT2D eigenvalue weighted by Crippen LogP contribution is -2.44. The van der Waals surface area contributed by atoms with Gasteiger partial charge in [-0.15, -0.1) is 12.4 Å². The minimum atomic E-state index is 0. The number of aromatic nitrogens is 2. The zero-order valence-electron chi connectivity index (χ0n) is 16.3. The fourth-order valence-electron chi connectivity index (χ4n) is 4.53. The average Bonchev–Trinajstić information content (AvgIpc) is 3.36. The number of halogens is 1. The van der Waals surface area contributed by atoms with Crippen LogP contribution in [-0.4, -0.2) is 89.7 Å². The first-order valence-corrected chi connectivity index (χ1v) is 9.92. The van der Waals surface area contributed by atoms with Crippen LogP contribution in [0.25, 0.3) is 0 Å². The lowest BCUT2D eigenvalue weighted by Gasteiger charge is -2.30. The van der Waals surface area contributed by atoms with Crippen molar-refractivity contribution in [2.75, 3.05) is 52.9 Å². The molecule has 3 unspecified atom stereocenters. The van der Waals surface area contributed by atoms with Gasteiger partial charge >= 0.3 is 0 Å². The third kappa shape index (κ3) is 4.29. The number of hydrogen-bond acceptors (Lipinski definition) is 7. The van der Waals surface area contributed by atoms with Crippen molar-refractivity contribution in [3.8, 4) is 0 Å². The maximum absolute atomic E-state index is 12.5. The molecule has 1 aromatic rings. The Kier molecular flexibility index (Phi) is 6.73. The quantitative estimate of drug-likeness (QED) is 0.788. The predicted molar refractivity (Wildman–Crippen MR) is 104 cm³/mol. The van der Waals surface area contributed by atoms with E-state index in [1.54, 1.807) is 0 Å². The van der Waals surface area contributed by atoms with Gasteiger partial charge in [0.05, 0.1) is 12.0 Å². The molecule has 0 bridgehead atoms. The van der Waals surface area contributed by atoms with Crippen LogP contribution < -0.4 is 5.32 Å². The Bertz CT molecular complexity index is 641. The fourth-order valence-corrected chi connectivity index (χ4v) is 4.53. The predicted octanol–water partition coefficient (Wildman–Crippen LogP) is 0.868. The van der Waals surface area contributed by atoms with Gasteiger partial charge in [0.25, 0.3) is 0 Å². The molecule has 27 heavy (non-hydrogen) atoms. The zero-order valence-corrected chi connectivity index (χ0v) is 17.1. The molecule has 0 aliphatic carbocycles. The summed E-state index contributed by atoms with van der Waals surface area (Å²) in [6, 6.07) is 0.647. The van der Waals surface area contributed by atoms with Gasteiger partial charge in [-0.2, -0.15) is 4.98 Å². The van der Waals surface area contributed by atoms with Gasteiger partial charge in [0, 0.05) is 45.2 Å². The van der Waals surface area contributed by atoms with Crippen molar-refractivity contribution in [1.29, 1.82) is 0 Å². The second kappa shape index (κ2) is 8.86. The minimum Gasteiger partial charge on any atom is -0.340 e. The number of rotatable bonds is 5. The highest BCUT2D eigenvalue weighted by Gasteiger charge is 2.37. The Balaban J connectivity index is 0.00000210. The molecule has 3 atom stereocenters. The van der Waals surface area contributed by atoms with Gasteiger partial charge < -0.3 is 14.7 Å². The Hall–Kier alpha value is -1.22. The molecular formula is C18H31ClN6O2. The van der Waals surface area contributed by atoms with Crippen LogP contribution in [0.15, 0.2) is 4.52 Å². The van der Waals surface area contributed by atoms with Crippen molar-refractivity contribution in [2.45, 2.75) is 44.2 Å². The fraction of sp³-hybridized carbons (Fsp3) is 0.833. The van der Waals surface area contributed by atoms with Crippen LogP contribution >= 0.6 is 12.4 Å². The second-order valence-electron chi connectivity index (χ2n) is 7.82. The molecule has 0 aromatic carbocycles. The smallest absolute Gasteiger partial charge is 0.232 e. The molecule has 0 radical (unpaired) electrons. The van der Waals surface area contributed by atoms with Gasteiger partial charge in [-0.25, -0.2) is 0 Å². The summed E-state index contributed by atoms with van der Waals surface area (Å²) in [5.41, 5.74) is 0. The molecule has 4 heterocycles. The first-order chi connectivity index (χ1) is 12.7. The molecular weight excluding hydrogens is 368 g/mol. The van der Waals surface area contributed by atoms with E-state index in [0.29, 0.717) is 24.9 Å². The highest BCUT2D eigenvalue weighted by molar-refractivity contribution is 5.85. The number of piperazine rings is 1. The van der Waals surface area contributed by atoms with E-state index in [1.807, 2.05) is 4.90 Å². The van der Waals surface area contributed by atoms with Crippen LogP contribution in [0.5, 0.6) is 0 Å². The van der Waals surface area contributed by atoms with Gasteiger partial charge in [0.15, 0.2) is 5.82 Å². The maximum Gasteiger partial charge on any atom is 0.232 e. The van der Waals surface area contributed by atoms with Crippen LogP contribution in [0.4, 0.5) is 0 Å². The normalized spacial score (nSPS) is 30.1. The molecule has 0 spiro atoms. The molecule has 3 saturated heterocycles. The first kappa shape index (κ1) is 20.5. The van der Waals surface area contributed by atoms with Crippen LogP contribution in [0.1, 0.15) is 49.9 Å². The van der Waals surface area contributed by atoms with E-state index in [2.05, 4.69) is 39.2 Å². The van der Waals surface area contributed by atoms with E-state index in [-0.39, 0.29) is 30.3 Å². The Morgan fingerprint density at radius 2 is 2.19 bits per heavy atom. The van der Waals surface area contributed by atoms with Gasteiger partial charge in [-0.1, -0.05) is 12.1 Å². The summed E-state index contributed by atoms with van der Waals surface area (Å²) >= 11 is 0. The van der Waals surface area contributed by atoms with Crippen LogP contribution in [0.3, 0.4) is 0 Å². The van der Waals surface area contributed by atoms with Gasteiger partial charge in [0.1, 0.15) is 0 Å². The Morgan fingerprint density at radius 1 is 1.33 bits per heavy atom. The monoisotopic (exact) mass is 398 g/mol. The minimum absolute atomic E-state index is 0. The molecule has 3 aliphatic rings. The highest BCUT2D eigenvalue weighted by atomic mass is 35.5. The summed E-state index contributed by atoms with van der Waals surface area (Å²) in [7, 11) is 2.09. The number of amides is 1.